The molecule has 7 heteroatoms. The average molecular weight is 288 g/mol. The first-order valence-corrected chi connectivity index (χ1v) is 6.43. The number of hydrogen-bond acceptors (Lipinski definition) is 6. The maximum absolute atomic E-state index is 10.8. The van der Waals surface area contributed by atoms with Crippen LogP contribution < -0.4 is 5.32 Å². The first kappa shape index (κ1) is 15.8. The molecule has 0 fully saturated rings. The number of halogens is 1. The molecule has 106 valence electrons. The molecule has 0 aliphatic carbocycles. The van der Waals surface area contributed by atoms with Crippen molar-refractivity contribution in [3.8, 4) is 0 Å². The van der Waals surface area contributed by atoms with Crippen molar-refractivity contribution < 1.29 is 14.3 Å². The van der Waals surface area contributed by atoms with Gasteiger partial charge >= 0.3 is 0 Å². The zero-order chi connectivity index (χ0) is 13.9. The van der Waals surface area contributed by atoms with Crippen LogP contribution in [0.5, 0.6) is 0 Å². The van der Waals surface area contributed by atoms with E-state index < -0.39 is 0 Å². The SMILES string of the molecule is COCCOCCCCNc1ncnc(Cl)c1C=O. The molecule has 0 unspecified atom stereocenters. The Morgan fingerprint density at radius 1 is 1.32 bits per heavy atom. The lowest BCUT2D eigenvalue weighted by Crippen LogP contribution is -2.09. The van der Waals surface area contributed by atoms with Gasteiger partial charge in [-0.05, 0) is 12.8 Å². The summed E-state index contributed by atoms with van der Waals surface area (Å²) in [5, 5.41) is 3.22. The van der Waals surface area contributed by atoms with E-state index in [1.165, 1.54) is 6.33 Å². The molecule has 0 radical (unpaired) electrons. The smallest absolute Gasteiger partial charge is 0.156 e. The Hall–Kier alpha value is -1.24. The van der Waals surface area contributed by atoms with Crippen LogP contribution in [0.15, 0.2) is 6.33 Å². The first-order valence-electron chi connectivity index (χ1n) is 6.05. The first-order chi connectivity index (χ1) is 9.29. The highest BCUT2D eigenvalue weighted by Crippen LogP contribution is 2.16. The third-order valence-electron chi connectivity index (χ3n) is 2.39. The van der Waals surface area contributed by atoms with Crippen LogP contribution in [0.4, 0.5) is 5.82 Å². The number of methoxy groups -OCH3 is 1. The molecule has 0 saturated carbocycles. The molecule has 6 nitrogen and oxygen atoms in total. The maximum atomic E-state index is 10.8. The Balaban J connectivity index is 2.19. The molecular weight excluding hydrogens is 270 g/mol. The molecule has 1 aromatic rings. The molecule has 0 atom stereocenters. The standard InChI is InChI=1S/C12H18ClN3O3/c1-18-6-7-19-5-3-2-4-14-12-10(8-17)11(13)15-9-16-12/h8-9H,2-7H2,1H3,(H,14,15,16). The highest BCUT2D eigenvalue weighted by atomic mass is 35.5. The molecular formula is C12H18ClN3O3. The van der Waals surface area contributed by atoms with Crippen LogP contribution in [0.3, 0.4) is 0 Å². The molecule has 0 aliphatic rings. The molecule has 1 N–H and O–H groups in total. The predicted molar refractivity (Wildman–Crippen MR) is 72.8 cm³/mol. The van der Waals surface area contributed by atoms with Crippen molar-refractivity contribution in [2.24, 2.45) is 0 Å². The Labute approximate surface area is 117 Å². The van der Waals surface area contributed by atoms with E-state index in [1.54, 1.807) is 7.11 Å². The number of nitrogens with zero attached hydrogens (tertiary/aromatic N) is 2. The predicted octanol–water partition coefficient (Wildman–Crippen LogP) is 1.80. The maximum Gasteiger partial charge on any atom is 0.156 e. The summed E-state index contributed by atoms with van der Waals surface area (Å²) in [5.74, 6) is 0.468. The number of nitrogens with one attached hydrogen (secondary N) is 1. The largest absolute Gasteiger partial charge is 0.382 e. The number of hydrogen-bond donors (Lipinski definition) is 1. The second-order valence-electron chi connectivity index (χ2n) is 3.78. The lowest BCUT2D eigenvalue weighted by atomic mass is 10.3. The van der Waals surface area contributed by atoms with Crippen LogP contribution in [0.25, 0.3) is 0 Å². The Kier molecular flexibility index (Phi) is 8.04. The van der Waals surface area contributed by atoms with E-state index >= 15 is 0 Å². The summed E-state index contributed by atoms with van der Waals surface area (Å²) in [6.45, 7) is 2.61. The summed E-state index contributed by atoms with van der Waals surface area (Å²) in [4.78, 5) is 18.6. The number of carbonyl (C=O) groups is 1. The number of anilines is 1. The van der Waals surface area contributed by atoms with E-state index in [2.05, 4.69) is 15.3 Å². The van der Waals surface area contributed by atoms with Crippen molar-refractivity contribution >= 4 is 23.7 Å². The zero-order valence-corrected chi connectivity index (χ0v) is 11.7. The van der Waals surface area contributed by atoms with E-state index in [1.807, 2.05) is 0 Å². The number of aldehydes is 1. The molecule has 0 aliphatic heterocycles. The van der Waals surface area contributed by atoms with Crippen LogP contribution in [0, 0.1) is 0 Å². The van der Waals surface area contributed by atoms with Crippen molar-refractivity contribution in [1.29, 1.82) is 0 Å². The van der Waals surface area contributed by atoms with Crippen molar-refractivity contribution in [2.45, 2.75) is 12.8 Å². The second kappa shape index (κ2) is 9.66. The second-order valence-corrected chi connectivity index (χ2v) is 4.14. The summed E-state index contributed by atoms with van der Waals surface area (Å²) in [5.41, 5.74) is 0.292. The van der Waals surface area contributed by atoms with Crippen molar-refractivity contribution in [2.75, 3.05) is 38.8 Å². The minimum Gasteiger partial charge on any atom is -0.382 e. The topological polar surface area (TPSA) is 73.3 Å². The summed E-state index contributed by atoms with van der Waals surface area (Å²) in [7, 11) is 1.64. The van der Waals surface area contributed by atoms with Gasteiger partial charge in [-0.25, -0.2) is 9.97 Å². The van der Waals surface area contributed by atoms with E-state index in [0.717, 1.165) is 12.8 Å². The lowest BCUT2D eigenvalue weighted by Gasteiger charge is -2.08. The molecule has 1 heterocycles. The van der Waals surface area contributed by atoms with Gasteiger partial charge in [0.15, 0.2) is 6.29 Å². The Morgan fingerprint density at radius 2 is 2.16 bits per heavy atom. The summed E-state index contributed by atoms with van der Waals surface area (Å²) in [6, 6.07) is 0. The minimum atomic E-state index is 0.162. The van der Waals surface area contributed by atoms with Gasteiger partial charge in [0.25, 0.3) is 0 Å². The summed E-state index contributed by atoms with van der Waals surface area (Å²) < 4.78 is 10.2. The molecule has 1 rings (SSSR count). The quantitative estimate of drug-likeness (QED) is 0.402. The normalized spacial score (nSPS) is 10.4. The van der Waals surface area contributed by atoms with Gasteiger partial charge in [-0.3, -0.25) is 4.79 Å². The van der Waals surface area contributed by atoms with Gasteiger partial charge in [-0.2, -0.15) is 0 Å². The fraction of sp³-hybridized carbons (Fsp3) is 0.583. The van der Waals surface area contributed by atoms with Gasteiger partial charge in [0.1, 0.15) is 17.3 Å². The Morgan fingerprint density at radius 3 is 2.89 bits per heavy atom. The van der Waals surface area contributed by atoms with Crippen LogP contribution in [0.1, 0.15) is 23.2 Å². The zero-order valence-electron chi connectivity index (χ0n) is 10.9. The minimum absolute atomic E-state index is 0.162. The number of unbranched alkanes of at least 4 members (excludes halogenated alkanes) is 1. The number of rotatable bonds is 10. The van der Waals surface area contributed by atoms with Gasteiger partial charge in [-0.15, -0.1) is 0 Å². The third kappa shape index (κ3) is 5.96. The number of carbonyl (C=O) groups excluding carboxylic acids is 1. The molecule has 19 heavy (non-hydrogen) atoms. The van der Waals surface area contributed by atoms with Crippen molar-refractivity contribution in [3.63, 3.8) is 0 Å². The fourth-order valence-electron chi connectivity index (χ4n) is 1.40. The summed E-state index contributed by atoms with van der Waals surface area (Å²) >= 11 is 5.79. The lowest BCUT2D eigenvalue weighted by molar-refractivity contribution is 0.0691. The van der Waals surface area contributed by atoms with Crippen molar-refractivity contribution in [1.82, 2.24) is 9.97 Å². The van der Waals surface area contributed by atoms with E-state index in [0.29, 0.717) is 44.0 Å². The van der Waals surface area contributed by atoms with Gasteiger partial charge in [0.05, 0.1) is 18.8 Å². The van der Waals surface area contributed by atoms with Gasteiger partial charge < -0.3 is 14.8 Å². The van der Waals surface area contributed by atoms with Gasteiger partial charge in [0.2, 0.25) is 0 Å². The van der Waals surface area contributed by atoms with Crippen LogP contribution in [-0.2, 0) is 9.47 Å². The van der Waals surface area contributed by atoms with Gasteiger partial charge in [0, 0.05) is 20.3 Å². The molecule has 0 amide bonds. The molecule has 1 aromatic heterocycles. The highest BCUT2D eigenvalue weighted by Gasteiger charge is 2.07. The number of ether oxygens (including phenoxy) is 2. The third-order valence-corrected chi connectivity index (χ3v) is 2.69. The number of aromatic nitrogens is 2. The summed E-state index contributed by atoms with van der Waals surface area (Å²) in [6.07, 6.45) is 3.81. The van der Waals surface area contributed by atoms with Gasteiger partial charge in [-0.1, -0.05) is 11.6 Å². The molecule has 0 aromatic carbocycles. The van der Waals surface area contributed by atoms with Crippen LogP contribution in [0.2, 0.25) is 5.15 Å². The average Bonchev–Trinajstić information content (AvgIpc) is 2.42. The molecule has 0 spiro atoms. The van der Waals surface area contributed by atoms with Crippen LogP contribution >= 0.6 is 11.6 Å². The monoisotopic (exact) mass is 287 g/mol. The highest BCUT2D eigenvalue weighted by molar-refractivity contribution is 6.32. The van der Waals surface area contributed by atoms with E-state index in [9.17, 15) is 4.79 Å². The molecule has 0 bridgehead atoms. The van der Waals surface area contributed by atoms with Crippen LogP contribution in [-0.4, -0.2) is 49.7 Å². The van der Waals surface area contributed by atoms with E-state index in [4.69, 9.17) is 21.1 Å². The van der Waals surface area contributed by atoms with E-state index in [-0.39, 0.29) is 5.15 Å². The van der Waals surface area contributed by atoms with Crippen molar-refractivity contribution in [3.05, 3.63) is 17.0 Å². The Bertz CT molecular complexity index is 390. The molecule has 0 saturated heterocycles. The fourth-order valence-corrected chi connectivity index (χ4v) is 1.58.